The highest BCUT2D eigenvalue weighted by Gasteiger charge is 2.18. The Morgan fingerprint density at radius 3 is 2.89 bits per heavy atom. The molecule has 1 aromatic heterocycles. The Balaban J connectivity index is 1.64. The highest BCUT2D eigenvalue weighted by molar-refractivity contribution is 5.75. The lowest BCUT2D eigenvalue weighted by Gasteiger charge is -2.23. The van der Waals surface area contributed by atoms with Gasteiger partial charge >= 0.3 is 0 Å². The molecule has 1 aliphatic rings. The van der Waals surface area contributed by atoms with Crippen LogP contribution in [-0.2, 0) is 11.3 Å². The van der Waals surface area contributed by atoms with E-state index in [1.165, 1.54) is 25.9 Å². The molecule has 1 aromatic rings. The van der Waals surface area contributed by atoms with E-state index >= 15 is 0 Å². The van der Waals surface area contributed by atoms with Crippen LogP contribution in [0.1, 0.15) is 44.1 Å². The highest BCUT2D eigenvalue weighted by Crippen LogP contribution is 2.14. The number of amides is 1. The number of hydrogen-bond donors (Lipinski definition) is 2. The Morgan fingerprint density at radius 2 is 2.26 bits per heavy atom. The van der Waals surface area contributed by atoms with Crippen molar-refractivity contribution in [2.75, 3.05) is 13.1 Å². The number of aromatic nitrogens is 2. The number of aromatic amines is 1. The van der Waals surface area contributed by atoms with Crippen molar-refractivity contribution < 1.29 is 4.79 Å². The molecule has 2 N–H and O–H groups in total. The molecule has 5 nitrogen and oxygen atoms in total. The van der Waals surface area contributed by atoms with Crippen LogP contribution in [0.5, 0.6) is 0 Å². The summed E-state index contributed by atoms with van der Waals surface area (Å²) in [6.07, 6.45) is 5.90. The maximum absolute atomic E-state index is 11.8. The van der Waals surface area contributed by atoms with Gasteiger partial charge < -0.3 is 15.2 Å². The molecule has 2 rings (SSSR count). The van der Waals surface area contributed by atoms with E-state index in [1.54, 1.807) is 6.20 Å². The number of H-pyrrole nitrogens is 1. The van der Waals surface area contributed by atoms with Gasteiger partial charge in [0.2, 0.25) is 5.91 Å². The summed E-state index contributed by atoms with van der Waals surface area (Å²) in [6, 6.07) is 0.513. The number of rotatable bonds is 6. The standard InChI is InChI=1S/C14H24N4O/c1-11-9-15-13(17-11)10-16-14(19)6-5-12(2)18-7-3-4-8-18/h9,12H,3-8,10H2,1-2H3,(H,15,17)(H,16,19)/t12-/m0/s1. The van der Waals surface area contributed by atoms with Crippen LogP contribution in [0.3, 0.4) is 0 Å². The maximum Gasteiger partial charge on any atom is 0.220 e. The maximum atomic E-state index is 11.8. The molecular formula is C14H24N4O. The molecule has 1 amide bonds. The molecule has 19 heavy (non-hydrogen) atoms. The van der Waals surface area contributed by atoms with Gasteiger partial charge in [0.1, 0.15) is 5.82 Å². The lowest BCUT2D eigenvalue weighted by atomic mass is 10.1. The zero-order valence-electron chi connectivity index (χ0n) is 11.9. The molecular weight excluding hydrogens is 240 g/mol. The Labute approximate surface area is 114 Å². The molecule has 0 unspecified atom stereocenters. The van der Waals surface area contributed by atoms with Crippen molar-refractivity contribution in [3.05, 3.63) is 17.7 Å². The molecule has 0 aromatic carbocycles. The van der Waals surface area contributed by atoms with Crippen LogP contribution < -0.4 is 5.32 Å². The quantitative estimate of drug-likeness (QED) is 0.820. The molecule has 0 bridgehead atoms. The number of nitrogens with zero attached hydrogens (tertiary/aromatic N) is 2. The van der Waals surface area contributed by atoms with Crippen molar-refractivity contribution >= 4 is 5.91 Å². The molecule has 1 aliphatic heterocycles. The van der Waals surface area contributed by atoms with Gasteiger partial charge in [-0.3, -0.25) is 4.79 Å². The van der Waals surface area contributed by atoms with Crippen molar-refractivity contribution in [3.63, 3.8) is 0 Å². The van der Waals surface area contributed by atoms with Crippen molar-refractivity contribution in [1.82, 2.24) is 20.2 Å². The fourth-order valence-electron chi connectivity index (χ4n) is 2.53. The van der Waals surface area contributed by atoms with Gasteiger partial charge in [0.25, 0.3) is 0 Å². The summed E-state index contributed by atoms with van der Waals surface area (Å²) >= 11 is 0. The number of hydrogen-bond acceptors (Lipinski definition) is 3. The monoisotopic (exact) mass is 264 g/mol. The number of likely N-dealkylation sites (tertiary alicyclic amines) is 1. The molecule has 1 saturated heterocycles. The third-order valence-electron chi connectivity index (χ3n) is 3.76. The van der Waals surface area contributed by atoms with Crippen LogP contribution in [0.4, 0.5) is 0 Å². The Morgan fingerprint density at radius 1 is 1.53 bits per heavy atom. The predicted octanol–water partition coefficient (Wildman–Crippen LogP) is 1.60. The topological polar surface area (TPSA) is 61.0 Å². The SMILES string of the molecule is Cc1cnc(CNC(=O)CC[C@H](C)N2CCCC2)[nH]1. The lowest BCUT2D eigenvalue weighted by Crippen LogP contribution is -2.32. The zero-order valence-corrected chi connectivity index (χ0v) is 11.9. The van der Waals surface area contributed by atoms with Gasteiger partial charge in [0, 0.05) is 24.4 Å². The van der Waals surface area contributed by atoms with E-state index < -0.39 is 0 Å². The van der Waals surface area contributed by atoms with Gasteiger partial charge in [-0.15, -0.1) is 0 Å². The van der Waals surface area contributed by atoms with Crippen molar-refractivity contribution in [2.45, 2.75) is 52.1 Å². The molecule has 1 fully saturated rings. The van der Waals surface area contributed by atoms with Crippen LogP contribution >= 0.6 is 0 Å². The second kappa shape index (κ2) is 6.70. The molecule has 2 heterocycles. The summed E-state index contributed by atoms with van der Waals surface area (Å²) in [5.74, 6) is 0.929. The summed E-state index contributed by atoms with van der Waals surface area (Å²) in [7, 11) is 0. The highest BCUT2D eigenvalue weighted by atomic mass is 16.1. The molecule has 0 spiro atoms. The van der Waals surface area contributed by atoms with Gasteiger partial charge in [-0.05, 0) is 46.2 Å². The van der Waals surface area contributed by atoms with Gasteiger partial charge in [-0.1, -0.05) is 0 Å². The molecule has 0 saturated carbocycles. The Kier molecular flexibility index (Phi) is 4.96. The average molecular weight is 264 g/mol. The third kappa shape index (κ3) is 4.35. The number of nitrogens with one attached hydrogen (secondary N) is 2. The van der Waals surface area contributed by atoms with Crippen LogP contribution in [0.15, 0.2) is 6.20 Å². The Hall–Kier alpha value is -1.36. The first kappa shape index (κ1) is 14.1. The lowest BCUT2D eigenvalue weighted by molar-refractivity contribution is -0.121. The number of carbonyl (C=O) groups is 1. The first-order chi connectivity index (χ1) is 9.15. The molecule has 0 radical (unpaired) electrons. The van der Waals surface area contributed by atoms with E-state index in [4.69, 9.17) is 0 Å². The van der Waals surface area contributed by atoms with E-state index in [0.29, 0.717) is 19.0 Å². The fraction of sp³-hybridized carbons (Fsp3) is 0.714. The van der Waals surface area contributed by atoms with E-state index in [-0.39, 0.29) is 5.91 Å². The van der Waals surface area contributed by atoms with Gasteiger partial charge in [0.05, 0.1) is 6.54 Å². The van der Waals surface area contributed by atoms with Gasteiger partial charge in [0.15, 0.2) is 0 Å². The van der Waals surface area contributed by atoms with E-state index in [9.17, 15) is 4.79 Å². The minimum atomic E-state index is 0.111. The molecule has 1 atom stereocenters. The largest absolute Gasteiger partial charge is 0.349 e. The van der Waals surface area contributed by atoms with E-state index in [1.807, 2.05) is 6.92 Å². The summed E-state index contributed by atoms with van der Waals surface area (Å²) in [4.78, 5) is 21.5. The second-order valence-electron chi connectivity index (χ2n) is 5.42. The van der Waals surface area contributed by atoms with Crippen LogP contribution in [0.2, 0.25) is 0 Å². The number of aryl methyl sites for hydroxylation is 1. The van der Waals surface area contributed by atoms with E-state index in [0.717, 1.165) is 17.9 Å². The number of carbonyl (C=O) groups excluding carboxylic acids is 1. The fourth-order valence-corrected chi connectivity index (χ4v) is 2.53. The average Bonchev–Trinajstić information content (AvgIpc) is 3.04. The summed E-state index contributed by atoms with van der Waals surface area (Å²) in [5.41, 5.74) is 1.02. The van der Waals surface area contributed by atoms with E-state index in [2.05, 4.69) is 27.1 Å². The third-order valence-corrected chi connectivity index (χ3v) is 3.76. The van der Waals surface area contributed by atoms with Crippen LogP contribution in [0.25, 0.3) is 0 Å². The normalized spacial score (nSPS) is 17.6. The molecule has 106 valence electrons. The Bertz CT molecular complexity index is 409. The first-order valence-corrected chi connectivity index (χ1v) is 7.16. The van der Waals surface area contributed by atoms with Gasteiger partial charge in [-0.2, -0.15) is 0 Å². The molecule has 0 aliphatic carbocycles. The van der Waals surface area contributed by atoms with Crippen LogP contribution in [0, 0.1) is 6.92 Å². The minimum Gasteiger partial charge on any atom is -0.349 e. The first-order valence-electron chi connectivity index (χ1n) is 7.16. The summed E-state index contributed by atoms with van der Waals surface area (Å²) in [5, 5.41) is 2.91. The predicted molar refractivity (Wildman–Crippen MR) is 74.7 cm³/mol. The zero-order chi connectivity index (χ0) is 13.7. The number of imidazole rings is 1. The smallest absolute Gasteiger partial charge is 0.220 e. The minimum absolute atomic E-state index is 0.111. The molecule has 5 heteroatoms. The van der Waals surface area contributed by atoms with Crippen molar-refractivity contribution in [1.29, 1.82) is 0 Å². The van der Waals surface area contributed by atoms with Crippen LogP contribution in [-0.4, -0.2) is 39.9 Å². The van der Waals surface area contributed by atoms with Crippen molar-refractivity contribution in [3.8, 4) is 0 Å². The van der Waals surface area contributed by atoms with Crippen molar-refractivity contribution in [2.24, 2.45) is 0 Å². The van der Waals surface area contributed by atoms with Gasteiger partial charge in [-0.25, -0.2) is 4.98 Å². The summed E-state index contributed by atoms with van der Waals surface area (Å²) < 4.78 is 0. The summed E-state index contributed by atoms with van der Waals surface area (Å²) in [6.45, 7) is 7.04. The second-order valence-corrected chi connectivity index (χ2v) is 5.42.